The molecule has 0 aromatic rings. The maximum atomic E-state index is 3.46. The molecule has 0 spiro atoms. The SMILES string of the molecule is C1CCC(C2CC(C3CCCCC3)CC(N3C4CCCCC4C4CC(C5CCCCC5C5CCCC6C5C5CCCCC5N6C5CCCCC5)CCC43)C2)CC1. The van der Waals surface area contributed by atoms with E-state index < -0.39 is 0 Å². The van der Waals surface area contributed by atoms with Crippen LogP contribution in [0.4, 0.5) is 0 Å². The largest absolute Gasteiger partial charge is 0.294 e. The highest BCUT2D eigenvalue weighted by molar-refractivity contribution is 5.11. The molecule has 0 bridgehead atoms. The van der Waals surface area contributed by atoms with Gasteiger partial charge in [0.05, 0.1) is 0 Å². The van der Waals surface area contributed by atoms with Gasteiger partial charge in [0.1, 0.15) is 0 Å². The average Bonchev–Trinajstić information content (AvgIpc) is 3.80. The minimum absolute atomic E-state index is 0.944. The maximum absolute atomic E-state index is 3.46. The van der Waals surface area contributed by atoms with Gasteiger partial charge in [-0.15, -0.1) is 0 Å². The Bertz CT molecular complexity index is 1230. The van der Waals surface area contributed by atoms with Crippen LogP contribution in [0.2, 0.25) is 0 Å². The van der Waals surface area contributed by atoms with E-state index in [0.717, 1.165) is 107 Å². The molecule has 0 N–H and O–H groups in total. The lowest BCUT2D eigenvalue weighted by molar-refractivity contribution is -0.0181. The molecular weight excluding hydrogens is 677 g/mol. The smallest absolute Gasteiger partial charge is 0.0135 e. The average molecular weight is 767 g/mol. The molecule has 9 aliphatic carbocycles. The third-order valence-corrected chi connectivity index (χ3v) is 21.9. The zero-order valence-electron chi connectivity index (χ0n) is 36.7. The van der Waals surface area contributed by atoms with Crippen molar-refractivity contribution in [2.75, 3.05) is 0 Å². The van der Waals surface area contributed by atoms with Gasteiger partial charge >= 0.3 is 0 Å². The van der Waals surface area contributed by atoms with Crippen molar-refractivity contribution in [3.63, 3.8) is 0 Å². The molecule has 11 fully saturated rings. The van der Waals surface area contributed by atoms with E-state index in [-0.39, 0.29) is 0 Å². The number of fused-ring (bicyclic) bond motifs is 6. The van der Waals surface area contributed by atoms with Gasteiger partial charge in [0.25, 0.3) is 0 Å². The van der Waals surface area contributed by atoms with Crippen LogP contribution in [0.15, 0.2) is 0 Å². The van der Waals surface area contributed by atoms with Crippen LogP contribution in [-0.4, -0.2) is 46.1 Å². The van der Waals surface area contributed by atoms with Crippen LogP contribution in [0.25, 0.3) is 0 Å². The number of likely N-dealkylation sites (tertiary alicyclic amines) is 2. The monoisotopic (exact) mass is 767 g/mol. The molecule has 9 saturated carbocycles. The van der Waals surface area contributed by atoms with Crippen molar-refractivity contribution in [1.82, 2.24) is 9.80 Å². The lowest BCUT2D eigenvalue weighted by atomic mass is 9.55. The first-order chi connectivity index (χ1) is 27.8. The summed E-state index contributed by atoms with van der Waals surface area (Å²) in [5, 5.41) is 0. The zero-order chi connectivity index (χ0) is 37.0. The maximum Gasteiger partial charge on any atom is 0.0135 e. The standard InChI is InChI=1S/C54H90N2/c1-4-17-37(18-5-1)40-33-41(38-19-6-2-7-20-38)35-43(34-40)56-50-28-14-12-25-46(50)49-36-39(31-32-52(49)56)44-23-10-11-24-45(44)47-27-16-30-53-54(47)48-26-13-15-29-51(48)55(53)42-21-8-3-9-22-42/h37-54H,1-36H2. The first-order valence-electron chi connectivity index (χ1n) is 27.3. The molecule has 2 heterocycles. The lowest BCUT2D eigenvalue weighted by Crippen LogP contribution is -2.52. The summed E-state index contributed by atoms with van der Waals surface area (Å²) >= 11 is 0. The van der Waals surface area contributed by atoms with Crippen molar-refractivity contribution in [2.45, 2.75) is 267 Å². The van der Waals surface area contributed by atoms with Crippen LogP contribution in [0.3, 0.4) is 0 Å². The van der Waals surface area contributed by atoms with Crippen molar-refractivity contribution in [1.29, 1.82) is 0 Å². The van der Waals surface area contributed by atoms with Crippen LogP contribution < -0.4 is 0 Å². The molecule has 316 valence electrons. The highest BCUT2D eigenvalue weighted by Gasteiger charge is 2.59. The summed E-state index contributed by atoms with van der Waals surface area (Å²) in [7, 11) is 0. The van der Waals surface area contributed by atoms with Gasteiger partial charge in [-0.25, -0.2) is 0 Å². The molecule has 2 heteroatoms. The van der Waals surface area contributed by atoms with Gasteiger partial charge < -0.3 is 0 Å². The van der Waals surface area contributed by atoms with Gasteiger partial charge in [-0.2, -0.15) is 0 Å². The second-order valence-corrected chi connectivity index (χ2v) is 24.1. The van der Waals surface area contributed by atoms with Crippen molar-refractivity contribution < 1.29 is 0 Å². The van der Waals surface area contributed by atoms with Gasteiger partial charge in [0.2, 0.25) is 0 Å². The van der Waals surface area contributed by atoms with Crippen molar-refractivity contribution >= 4 is 0 Å². The number of nitrogens with zero attached hydrogens (tertiary/aromatic N) is 2. The second kappa shape index (κ2) is 17.4. The molecule has 14 atom stereocenters. The van der Waals surface area contributed by atoms with Crippen molar-refractivity contribution in [3.8, 4) is 0 Å². The van der Waals surface area contributed by atoms with E-state index in [0.29, 0.717) is 0 Å². The summed E-state index contributed by atoms with van der Waals surface area (Å²) in [6.07, 6.45) is 56.6. The van der Waals surface area contributed by atoms with E-state index >= 15 is 0 Å². The fourth-order valence-corrected chi connectivity index (χ4v) is 20.0. The fourth-order valence-electron chi connectivity index (χ4n) is 20.0. The normalized spacial score (nSPS) is 49.2. The molecule has 0 radical (unpaired) electrons. The first kappa shape index (κ1) is 38.8. The second-order valence-electron chi connectivity index (χ2n) is 24.1. The van der Waals surface area contributed by atoms with E-state index in [9.17, 15) is 0 Å². The Hall–Kier alpha value is -0.0800. The zero-order valence-corrected chi connectivity index (χ0v) is 36.7. The van der Waals surface area contributed by atoms with E-state index in [4.69, 9.17) is 0 Å². The molecule has 2 nitrogen and oxygen atoms in total. The molecule has 0 amide bonds. The Balaban J connectivity index is 0.836. The third-order valence-electron chi connectivity index (χ3n) is 21.9. The Morgan fingerprint density at radius 3 is 1.38 bits per heavy atom. The highest BCUT2D eigenvalue weighted by atomic mass is 15.3. The van der Waals surface area contributed by atoms with Gasteiger partial charge in [0.15, 0.2) is 0 Å². The molecule has 11 rings (SSSR count). The molecule has 0 aromatic heterocycles. The Kier molecular flexibility index (Phi) is 12.0. The van der Waals surface area contributed by atoms with E-state index in [1.165, 1.54) is 51.4 Å². The molecule has 11 aliphatic rings. The Morgan fingerprint density at radius 1 is 0.214 bits per heavy atom. The summed E-state index contributed by atoms with van der Waals surface area (Å²) in [4.78, 5) is 6.79. The molecular formula is C54H90N2. The number of hydrogen-bond acceptors (Lipinski definition) is 2. The Morgan fingerprint density at radius 2 is 0.696 bits per heavy atom. The van der Waals surface area contributed by atoms with Gasteiger partial charge in [-0.3, -0.25) is 9.80 Å². The van der Waals surface area contributed by atoms with E-state index in [2.05, 4.69) is 9.80 Å². The molecule has 14 unspecified atom stereocenters. The summed E-state index contributed by atoms with van der Waals surface area (Å²) in [5.41, 5.74) is 0. The van der Waals surface area contributed by atoms with Crippen LogP contribution in [-0.2, 0) is 0 Å². The van der Waals surface area contributed by atoms with E-state index in [1.807, 2.05) is 0 Å². The van der Waals surface area contributed by atoms with Crippen LogP contribution in [0.5, 0.6) is 0 Å². The summed E-state index contributed by atoms with van der Waals surface area (Å²) < 4.78 is 0. The van der Waals surface area contributed by atoms with Gasteiger partial charge in [-0.1, -0.05) is 128 Å². The topological polar surface area (TPSA) is 6.48 Å². The highest BCUT2D eigenvalue weighted by Crippen LogP contribution is 2.61. The summed E-state index contributed by atoms with van der Waals surface area (Å²) in [5.74, 6) is 12.8. The fraction of sp³-hybridized carbons (Fsp3) is 1.00. The molecule has 0 aromatic carbocycles. The Labute approximate surface area is 347 Å². The number of hydrogen-bond donors (Lipinski definition) is 0. The van der Waals surface area contributed by atoms with Gasteiger partial charge in [0, 0.05) is 36.3 Å². The van der Waals surface area contributed by atoms with Crippen molar-refractivity contribution in [2.24, 2.45) is 71.0 Å². The van der Waals surface area contributed by atoms with Crippen LogP contribution in [0, 0.1) is 71.0 Å². The molecule has 56 heavy (non-hydrogen) atoms. The lowest BCUT2D eigenvalue weighted by Gasteiger charge is -2.51. The minimum atomic E-state index is 0.944. The van der Waals surface area contributed by atoms with Crippen molar-refractivity contribution in [3.05, 3.63) is 0 Å². The van der Waals surface area contributed by atoms with Crippen LogP contribution >= 0.6 is 0 Å². The predicted molar refractivity (Wildman–Crippen MR) is 234 cm³/mol. The first-order valence-corrected chi connectivity index (χ1v) is 27.3. The minimum Gasteiger partial charge on any atom is -0.294 e. The summed E-state index contributed by atoms with van der Waals surface area (Å²) in [6.45, 7) is 0. The third kappa shape index (κ3) is 7.29. The predicted octanol–water partition coefficient (Wildman–Crippen LogP) is 14.4. The number of rotatable bonds is 6. The molecule has 2 aliphatic heterocycles. The van der Waals surface area contributed by atoms with E-state index in [1.54, 1.807) is 180 Å². The van der Waals surface area contributed by atoms with Crippen LogP contribution in [0.1, 0.15) is 231 Å². The quantitative estimate of drug-likeness (QED) is 0.266. The summed E-state index contributed by atoms with van der Waals surface area (Å²) in [6, 6.07) is 5.77. The van der Waals surface area contributed by atoms with Gasteiger partial charge in [-0.05, 0) is 174 Å². The molecule has 2 saturated heterocycles.